The Bertz CT molecular complexity index is 536. The van der Waals surface area contributed by atoms with Gasteiger partial charge >= 0.3 is 5.97 Å². The number of para-hydroxylation sites is 1. The second kappa shape index (κ2) is 4.46. The molecule has 0 radical (unpaired) electrons. The number of aliphatic carboxylic acids is 1. The van der Waals surface area contributed by atoms with Crippen LogP contribution in [-0.2, 0) is 11.3 Å². The molecule has 2 heterocycles. The zero-order valence-corrected chi connectivity index (χ0v) is 10.0. The predicted octanol–water partition coefficient (Wildman–Crippen LogP) is 2.34. The van der Waals surface area contributed by atoms with Crippen LogP contribution in [0.2, 0.25) is 0 Å². The molecule has 0 bridgehead atoms. The molecular formula is C14H15NO3. The fourth-order valence-electron chi connectivity index (χ4n) is 2.52. The number of hydrogen-bond donors (Lipinski definition) is 1. The largest absolute Gasteiger partial charge is 0.481 e. The van der Waals surface area contributed by atoms with Gasteiger partial charge in [0.15, 0.2) is 0 Å². The van der Waals surface area contributed by atoms with Gasteiger partial charge in [-0.15, -0.1) is 0 Å². The lowest BCUT2D eigenvalue weighted by Crippen LogP contribution is -2.46. The van der Waals surface area contributed by atoms with Crippen molar-refractivity contribution >= 4 is 16.9 Å². The highest BCUT2D eigenvalue weighted by Crippen LogP contribution is 2.24. The molecule has 2 aromatic rings. The van der Waals surface area contributed by atoms with Gasteiger partial charge in [0, 0.05) is 18.5 Å². The number of carboxylic acid groups (broad SMARTS) is 1. The summed E-state index contributed by atoms with van der Waals surface area (Å²) in [5.74, 6) is 0.542. The van der Waals surface area contributed by atoms with Gasteiger partial charge in [0.1, 0.15) is 11.3 Å². The molecule has 94 valence electrons. The lowest BCUT2D eigenvalue weighted by Gasteiger charge is -2.37. The van der Waals surface area contributed by atoms with Crippen LogP contribution in [0.15, 0.2) is 34.7 Å². The van der Waals surface area contributed by atoms with E-state index in [1.807, 2.05) is 24.3 Å². The van der Waals surface area contributed by atoms with Crippen molar-refractivity contribution in [2.24, 2.45) is 5.92 Å². The van der Waals surface area contributed by atoms with E-state index in [1.54, 1.807) is 0 Å². The second-order valence-corrected chi connectivity index (χ2v) is 4.91. The van der Waals surface area contributed by atoms with Crippen LogP contribution >= 0.6 is 0 Å². The average Bonchev–Trinajstić information content (AvgIpc) is 2.67. The zero-order valence-electron chi connectivity index (χ0n) is 10.0. The van der Waals surface area contributed by atoms with E-state index in [4.69, 9.17) is 9.52 Å². The molecular weight excluding hydrogens is 230 g/mol. The molecule has 0 unspecified atom stereocenters. The molecule has 1 aliphatic rings. The summed E-state index contributed by atoms with van der Waals surface area (Å²) in [5, 5.41) is 9.80. The zero-order chi connectivity index (χ0) is 12.5. The molecule has 4 nitrogen and oxygen atoms in total. The first-order valence-corrected chi connectivity index (χ1v) is 6.12. The molecule has 1 fully saturated rings. The van der Waals surface area contributed by atoms with Crippen LogP contribution in [0.3, 0.4) is 0 Å². The van der Waals surface area contributed by atoms with Crippen molar-refractivity contribution in [2.75, 3.05) is 13.1 Å². The Balaban J connectivity index is 1.59. The van der Waals surface area contributed by atoms with Crippen molar-refractivity contribution in [1.82, 2.24) is 4.90 Å². The first-order chi connectivity index (χ1) is 8.70. The minimum Gasteiger partial charge on any atom is -0.481 e. The fourth-order valence-corrected chi connectivity index (χ4v) is 2.52. The second-order valence-electron chi connectivity index (χ2n) is 4.91. The third kappa shape index (κ3) is 2.24. The van der Waals surface area contributed by atoms with Crippen molar-refractivity contribution < 1.29 is 14.3 Å². The monoisotopic (exact) mass is 245 g/mol. The number of nitrogens with zero attached hydrogens (tertiary/aromatic N) is 1. The standard InChI is InChI=1S/C14H15NO3/c16-14(17)5-10-7-15(8-10)9-12-6-11-3-1-2-4-13(11)18-12/h1-4,6,10H,5,7-9H2,(H,16,17). The summed E-state index contributed by atoms with van der Waals surface area (Å²) >= 11 is 0. The first-order valence-electron chi connectivity index (χ1n) is 6.12. The van der Waals surface area contributed by atoms with Crippen LogP contribution in [0.4, 0.5) is 0 Å². The Morgan fingerprint density at radius 1 is 1.39 bits per heavy atom. The van der Waals surface area contributed by atoms with E-state index < -0.39 is 5.97 Å². The van der Waals surface area contributed by atoms with Gasteiger partial charge in [0.05, 0.1) is 13.0 Å². The number of furan rings is 1. The van der Waals surface area contributed by atoms with Gasteiger partial charge in [0.25, 0.3) is 0 Å². The van der Waals surface area contributed by atoms with Gasteiger partial charge in [-0.2, -0.15) is 0 Å². The Kier molecular flexibility index (Phi) is 2.80. The van der Waals surface area contributed by atoms with Crippen molar-refractivity contribution in [3.63, 3.8) is 0 Å². The molecule has 1 N–H and O–H groups in total. The minimum absolute atomic E-state index is 0.274. The van der Waals surface area contributed by atoms with Gasteiger partial charge in [-0.05, 0) is 18.1 Å². The van der Waals surface area contributed by atoms with E-state index in [9.17, 15) is 4.79 Å². The molecule has 0 atom stereocenters. The van der Waals surface area contributed by atoms with E-state index in [2.05, 4.69) is 11.0 Å². The van der Waals surface area contributed by atoms with Crippen molar-refractivity contribution in [3.05, 3.63) is 36.1 Å². The SMILES string of the molecule is O=C(O)CC1CN(Cc2cc3ccccc3o2)C1. The molecule has 0 spiro atoms. The molecule has 4 heteroatoms. The molecule has 1 aromatic carbocycles. The number of benzene rings is 1. The highest BCUT2D eigenvalue weighted by atomic mass is 16.4. The molecule has 18 heavy (non-hydrogen) atoms. The van der Waals surface area contributed by atoms with Crippen LogP contribution in [0.25, 0.3) is 11.0 Å². The van der Waals surface area contributed by atoms with Gasteiger partial charge in [-0.25, -0.2) is 0 Å². The van der Waals surface area contributed by atoms with E-state index >= 15 is 0 Å². The molecule has 3 rings (SSSR count). The minimum atomic E-state index is -0.705. The maximum atomic E-state index is 10.5. The average molecular weight is 245 g/mol. The third-order valence-electron chi connectivity index (χ3n) is 3.35. The normalized spacial score (nSPS) is 16.9. The molecule has 1 aliphatic heterocycles. The molecule has 0 saturated carbocycles. The van der Waals surface area contributed by atoms with Gasteiger partial charge in [-0.3, -0.25) is 9.69 Å². The highest BCUT2D eigenvalue weighted by molar-refractivity contribution is 5.77. The number of likely N-dealkylation sites (tertiary alicyclic amines) is 1. The van der Waals surface area contributed by atoms with E-state index in [1.165, 1.54) is 0 Å². The number of carboxylic acids is 1. The van der Waals surface area contributed by atoms with Crippen LogP contribution in [0, 0.1) is 5.92 Å². The summed E-state index contributed by atoms with van der Waals surface area (Å²) in [5.41, 5.74) is 0.912. The van der Waals surface area contributed by atoms with Gasteiger partial charge in [-0.1, -0.05) is 18.2 Å². The quantitative estimate of drug-likeness (QED) is 0.898. The van der Waals surface area contributed by atoms with Gasteiger partial charge < -0.3 is 9.52 Å². The summed E-state index contributed by atoms with van der Waals surface area (Å²) in [6.45, 7) is 2.47. The van der Waals surface area contributed by atoms with Crippen LogP contribution in [-0.4, -0.2) is 29.1 Å². The van der Waals surface area contributed by atoms with E-state index in [-0.39, 0.29) is 6.42 Å². The number of rotatable bonds is 4. The number of hydrogen-bond acceptors (Lipinski definition) is 3. The highest BCUT2D eigenvalue weighted by Gasteiger charge is 2.28. The maximum absolute atomic E-state index is 10.5. The first kappa shape index (κ1) is 11.3. The van der Waals surface area contributed by atoms with Crippen molar-refractivity contribution in [2.45, 2.75) is 13.0 Å². The van der Waals surface area contributed by atoms with Crippen molar-refractivity contribution in [1.29, 1.82) is 0 Å². The summed E-state index contributed by atoms with van der Waals surface area (Å²) in [4.78, 5) is 12.8. The molecule has 1 aromatic heterocycles. The fraction of sp³-hybridized carbons (Fsp3) is 0.357. The third-order valence-corrected chi connectivity index (χ3v) is 3.35. The number of fused-ring (bicyclic) bond motifs is 1. The van der Waals surface area contributed by atoms with E-state index in [0.29, 0.717) is 5.92 Å². The van der Waals surface area contributed by atoms with Crippen LogP contribution in [0.1, 0.15) is 12.2 Å². The summed E-state index contributed by atoms with van der Waals surface area (Å²) in [7, 11) is 0. The Hall–Kier alpha value is -1.81. The number of carbonyl (C=O) groups is 1. The van der Waals surface area contributed by atoms with Gasteiger partial charge in [0.2, 0.25) is 0 Å². The van der Waals surface area contributed by atoms with Crippen LogP contribution in [0.5, 0.6) is 0 Å². The predicted molar refractivity (Wildman–Crippen MR) is 67.2 cm³/mol. The maximum Gasteiger partial charge on any atom is 0.303 e. The Morgan fingerprint density at radius 3 is 2.89 bits per heavy atom. The Labute approximate surface area is 105 Å². The smallest absolute Gasteiger partial charge is 0.303 e. The molecule has 0 amide bonds. The topological polar surface area (TPSA) is 53.7 Å². The summed E-state index contributed by atoms with van der Waals surface area (Å²) < 4.78 is 5.73. The van der Waals surface area contributed by atoms with E-state index in [0.717, 1.165) is 36.4 Å². The lowest BCUT2D eigenvalue weighted by atomic mass is 9.96. The van der Waals surface area contributed by atoms with Crippen molar-refractivity contribution in [3.8, 4) is 0 Å². The summed E-state index contributed by atoms with van der Waals surface area (Å²) in [6, 6.07) is 10.0. The molecule has 1 saturated heterocycles. The lowest BCUT2D eigenvalue weighted by molar-refractivity contribution is -0.139. The van der Waals surface area contributed by atoms with Crippen LogP contribution < -0.4 is 0 Å². The summed E-state index contributed by atoms with van der Waals surface area (Å²) in [6.07, 6.45) is 0.274. The molecule has 0 aliphatic carbocycles. The Morgan fingerprint density at radius 2 is 2.17 bits per heavy atom.